The lowest BCUT2D eigenvalue weighted by atomic mass is 10.2. The molecule has 0 aliphatic rings. The Morgan fingerprint density at radius 1 is 1.26 bits per heavy atom. The molecule has 1 aromatic heterocycles. The van der Waals surface area contributed by atoms with Crippen LogP contribution in [0.25, 0.3) is 0 Å². The van der Waals surface area contributed by atoms with Crippen LogP contribution >= 0.6 is 27.5 Å². The predicted molar refractivity (Wildman–Crippen MR) is 90.5 cm³/mol. The lowest BCUT2D eigenvalue weighted by molar-refractivity contribution is 0.398. The lowest BCUT2D eigenvalue weighted by Gasteiger charge is -2.12. The highest BCUT2D eigenvalue weighted by atomic mass is 79.9. The fourth-order valence-corrected chi connectivity index (χ4v) is 3.41. The molecule has 0 atom stereocenters. The van der Waals surface area contributed by atoms with Crippen molar-refractivity contribution in [2.75, 3.05) is 14.2 Å². The smallest absolute Gasteiger partial charge is 0.242 e. The van der Waals surface area contributed by atoms with Crippen molar-refractivity contribution < 1.29 is 17.9 Å². The van der Waals surface area contributed by atoms with E-state index < -0.39 is 10.0 Å². The first kappa shape index (κ1) is 18.0. The van der Waals surface area contributed by atoms with Gasteiger partial charge in [0, 0.05) is 18.3 Å². The third-order valence-electron chi connectivity index (χ3n) is 3.02. The van der Waals surface area contributed by atoms with Crippen LogP contribution in [0.5, 0.6) is 11.5 Å². The molecule has 9 heteroatoms. The molecule has 0 aliphatic heterocycles. The highest BCUT2D eigenvalue weighted by molar-refractivity contribution is 9.10. The van der Waals surface area contributed by atoms with Gasteiger partial charge in [-0.25, -0.2) is 18.1 Å². The quantitative estimate of drug-likeness (QED) is 0.726. The molecule has 0 spiro atoms. The number of ether oxygens (including phenoxy) is 2. The van der Waals surface area contributed by atoms with E-state index >= 15 is 0 Å². The van der Waals surface area contributed by atoms with Crippen LogP contribution in [0.1, 0.15) is 5.56 Å². The topological polar surface area (TPSA) is 77.5 Å². The van der Waals surface area contributed by atoms with Gasteiger partial charge in [-0.05, 0) is 40.2 Å². The van der Waals surface area contributed by atoms with Crippen molar-refractivity contribution >= 4 is 37.6 Å². The van der Waals surface area contributed by atoms with E-state index in [2.05, 4.69) is 25.6 Å². The van der Waals surface area contributed by atoms with Crippen molar-refractivity contribution in [3.8, 4) is 11.5 Å². The third-order valence-corrected chi connectivity index (χ3v) is 5.52. The second kappa shape index (κ2) is 7.48. The number of pyridine rings is 1. The first-order valence-corrected chi connectivity index (χ1v) is 9.04. The number of hydrogen-bond donors (Lipinski definition) is 1. The van der Waals surface area contributed by atoms with E-state index in [-0.39, 0.29) is 16.6 Å². The molecule has 0 amide bonds. The zero-order valence-electron chi connectivity index (χ0n) is 12.3. The molecule has 1 heterocycles. The Balaban J connectivity index is 2.23. The lowest BCUT2D eigenvalue weighted by Crippen LogP contribution is -2.23. The van der Waals surface area contributed by atoms with Crippen LogP contribution in [0.4, 0.5) is 0 Å². The molecule has 0 fully saturated rings. The molecule has 23 heavy (non-hydrogen) atoms. The molecule has 1 N–H and O–H groups in total. The van der Waals surface area contributed by atoms with Crippen molar-refractivity contribution in [3.63, 3.8) is 0 Å². The Labute approximate surface area is 148 Å². The van der Waals surface area contributed by atoms with Crippen molar-refractivity contribution in [2.45, 2.75) is 11.4 Å². The minimum Gasteiger partial charge on any atom is -0.497 e. The summed E-state index contributed by atoms with van der Waals surface area (Å²) in [6.07, 6.45) is 1.19. The van der Waals surface area contributed by atoms with Crippen molar-refractivity contribution in [1.29, 1.82) is 0 Å². The van der Waals surface area contributed by atoms with Gasteiger partial charge in [0.2, 0.25) is 10.0 Å². The molecule has 0 aliphatic carbocycles. The summed E-state index contributed by atoms with van der Waals surface area (Å²) in [7, 11) is -0.691. The predicted octanol–water partition coefficient (Wildman–Crippen LogP) is 2.99. The fraction of sp³-hybridized carbons (Fsp3) is 0.214. The molecular weight excluding hydrogens is 408 g/mol. The van der Waals surface area contributed by atoms with E-state index in [1.54, 1.807) is 18.2 Å². The maximum Gasteiger partial charge on any atom is 0.242 e. The van der Waals surface area contributed by atoms with E-state index in [4.69, 9.17) is 21.1 Å². The summed E-state index contributed by atoms with van der Waals surface area (Å²) in [6, 6.07) is 6.54. The van der Waals surface area contributed by atoms with E-state index in [0.717, 1.165) is 0 Å². The zero-order chi connectivity index (χ0) is 17.0. The highest BCUT2D eigenvalue weighted by Crippen LogP contribution is 2.25. The molecular formula is C14H14BrClN2O4S. The average molecular weight is 422 g/mol. The Hall–Kier alpha value is -1.35. The number of nitrogens with zero attached hydrogens (tertiary/aromatic N) is 1. The van der Waals surface area contributed by atoms with Crippen LogP contribution in [0.2, 0.25) is 5.15 Å². The molecule has 2 aromatic rings. The van der Waals surface area contributed by atoms with Crippen LogP contribution in [-0.4, -0.2) is 27.6 Å². The Kier molecular flexibility index (Phi) is 5.85. The average Bonchev–Trinajstić information content (AvgIpc) is 2.55. The van der Waals surface area contributed by atoms with Crippen molar-refractivity contribution in [1.82, 2.24) is 9.71 Å². The number of halogens is 2. The van der Waals surface area contributed by atoms with E-state index in [1.807, 2.05) is 0 Å². The number of methoxy groups -OCH3 is 2. The maximum absolute atomic E-state index is 12.3. The van der Waals surface area contributed by atoms with Gasteiger partial charge < -0.3 is 9.47 Å². The minimum atomic E-state index is -3.74. The Morgan fingerprint density at radius 2 is 2.00 bits per heavy atom. The highest BCUT2D eigenvalue weighted by Gasteiger charge is 2.17. The molecule has 0 unspecified atom stereocenters. The summed E-state index contributed by atoms with van der Waals surface area (Å²) >= 11 is 8.93. The number of rotatable bonds is 6. The van der Waals surface area contributed by atoms with Gasteiger partial charge in [0.15, 0.2) is 0 Å². The van der Waals surface area contributed by atoms with Crippen molar-refractivity contribution in [2.24, 2.45) is 0 Å². The molecule has 0 bridgehead atoms. The van der Waals surface area contributed by atoms with Crippen molar-refractivity contribution in [3.05, 3.63) is 45.7 Å². The van der Waals surface area contributed by atoms with Gasteiger partial charge >= 0.3 is 0 Å². The number of nitrogens with one attached hydrogen (secondary N) is 1. The summed E-state index contributed by atoms with van der Waals surface area (Å²) in [5.41, 5.74) is 0.649. The van der Waals surface area contributed by atoms with Gasteiger partial charge in [-0.2, -0.15) is 0 Å². The normalized spacial score (nSPS) is 11.3. The number of sulfonamides is 1. The maximum atomic E-state index is 12.3. The molecule has 0 saturated carbocycles. The van der Waals surface area contributed by atoms with Crippen LogP contribution < -0.4 is 14.2 Å². The van der Waals surface area contributed by atoms with Gasteiger partial charge in [0.05, 0.1) is 18.7 Å². The Bertz CT molecular complexity index is 814. The Morgan fingerprint density at radius 3 is 2.61 bits per heavy atom. The molecule has 0 saturated heterocycles. The number of aromatic nitrogens is 1. The number of benzene rings is 1. The second-order valence-corrected chi connectivity index (χ2v) is 7.43. The minimum absolute atomic E-state index is 0.00985. The second-order valence-electron chi connectivity index (χ2n) is 4.45. The summed E-state index contributed by atoms with van der Waals surface area (Å²) in [6.45, 7) is 0.0446. The van der Waals surface area contributed by atoms with E-state index in [0.29, 0.717) is 21.5 Å². The number of hydrogen-bond acceptors (Lipinski definition) is 5. The SMILES string of the molecule is COc1ccc(OC)c(CNS(=O)(=O)c2cnc(Cl)c(Br)c2)c1. The third kappa shape index (κ3) is 4.35. The van der Waals surface area contributed by atoms with E-state index in [9.17, 15) is 8.42 Å². The summed E-state index contributed by atoms with van der Waals surface area (Å²) in [5, 5.41) is 0.193. The first-order chi connectivity index (χ1) is 10.9. The summed E-state index contributed by atoms with van der Waals surface area (Å²) in [5.74, 6) is 1.17. The van der Waals surface area contributed by atoms with Crippen LogP contribution in [-0.2, 0) is 16.6 Å². The van der Waals surface area contributed by atoms with Gasteiger partial charge in [-0.3, -0.25) is 0 Å². The monoisotopic (exact) mass is 420 g/mol. The van der Waals surface area contributed by atoms with Crippen LogP contribution in [0.3, 0.4) is 0 Å². The largest absolute Gasteiger partial charge is 0.497 e. The van der Waals surface area contributed by atoms with Gasteiger partial charge in [0.1, 0.15) is 21.5 Å². The molecule has 2 rings (SSSR count). The molecule has 124 valence electrons. The summed E-state index contributed by atoms with van der Waals surface area (Å²) < 4.78 is 37.9. The zero-order valence-corrected chi connectivity index (χ0v) is 15.5. The molecule has 0 radical (unpaired) electrons. The van der Waals surface area contributed by atoms with Gasteiger partial charge in [-0.1, -0.05) is 11.6 Å². The van der Waals surface area contributed by atoms with Crippen LogP contribution in [0.15, 0.2) is 39.8 Å². The van der Waals surface area contributed by atoms with Crippen LogP contribution in [0, 0.1) is 0 Å². The standard InChI is InChI=1S/C14H14BrClN2O4S/c1-21-10-3-4-13(22-2)9(5-10)7-18-23(19,20)11-6-12(15)14(16)17-8-11/h3-6,8,18H,7H2,1-2H3. The fourth-order valence-electron chi connectivity index (χ4n) is 1.83. The molecule has 1 aromatic carbocycles. The van der Waals surface area contributed by atoms with Gasteiger partial charge in [-0.15, -0.1) is 0 Å². The first-order valence-electron chi connectivity index (χ1n) is 6.39. The van der Waals surface area contributed by atoms with Gasteiger partial charge in [0.25, 0.3) is 0 Å². The van der Waals surface area contributed by atoms with E-state index in [1.165, 1.54) is 26.5 Å². The summed E-state index contributed by atoms with van der Waals surface area (Å²) in [4.78, 5) is 3.83. The molecule has 6 nitrogen and oxygen atoms in total.